The molecule has 4 aromatic rings. The third-order valence-corrected chi connectivity index (χ3v) is 4.77. The van der Waals surface area contributed by atoms with Crippen molar-refractivity contribution in [2.24, 2.45) is 0 Å². The molecule has 176 valence electrons. The Morgan fingerprint density at radius 2 is 1.85 bits per heavy atom. The molecule has 0 atom stereocenters. The topological polar surface area (TPSA) is 101 Å². The number of nitrogens with two attached hydrogens (primary N) is 1. The van der Waals surface area contributed by atoms with Crippen LogP contribution in [0.5, 0.6) is 11.5 Å². The van der Waals surface area contributed by atoms with Crippen molar-refractivity contribution in [3.63, 3.8) is 0 Å². The highest BCUT2D eigenvalue weighted by Crippen LogP contribution is 2.32. The molecule has 4 rings (SSSR count). The first-order valence-electron chi connectivity index (χ1n) is 10.3. The van der Waals surface area contributed by atoms with Gasteiger partial charge >= 0.3 is 6.09 Å². The molecule has 0 radical (unpaired) electrons. The number of carbonyl (C=O) groups excluding carboxylic acids is 1. The van der Waals surface area contributed by atoms with E-state index in [-0.39, 0.29) is 35.1 Å². The first kappa shape index (κ1) is 23.0. The molecule has 0 saturated heterocycles. The molecule has 0 amide bonds. The number of pyridine rings is 1. The van der Waals surface area contributed by atoms with Gasteiger partial charge in [0.15, 0.2) is 17.3 Å². The fourth-order valence-electron chi connectivity index (χ4n) is 3.33. The summed E-state index contributed by atoms with van der Waals surface area (Å²) < 4.78 is 41.2. The van der Waals surface area contributed by atoms with Crippen LogP contribution < -0.4 is 16.0 Å². The molecule has 0 spiro atoms. The van der Waals surface area contributed by atoms with Crippen molar-refractivity contribution in [2.75, 3.05) is 5.73 Å². The molecule has 2 aromatic heterocycles. The minimum Gasteiger partial charge on any atom is -0.452 e. The van der Waals surface area contributed by atoms with Crippen molar-refractivity contribution in [2.45, 2.75) is 32.9 Å². The van der Waals surface area contributed by atoms with Crippen molar-refractivity contribution < 1.29 is 23.0 Å². The largest absolute Gasteiger partial charge is 0.452 e. The molecule has 0 unspecified atom stereocenters. The Labute approximate surface area is 193 Å². The van der Waals surface area contributed by atoms with E-state index in [2.05, 4.69) is 4.98 Å². The predicted molar refractivity (Wildman–Crippen MR) is 122 cm³/mol. The van der Waals surface area contributed by atoms with Crippen LogP contribution in [0.4, 0.5) is 19.3 Å². The van der Waals surface area contributed by atoms with Gasteiger partial charge in [-0.3, -0.25) is 4.79 Å². The fraction of sp³-hybridized carbons (Fsp3) is 0.208. The van der Waals surface area contributed by atoms with E-state index in [1.54, 1.807) is 39.0 Å². The summed E-state index contributed by atoms with van der Waals surface area (Å²) in [6, 6.07) is 10.7. The molecule has 2 heterocycles. The van der Waals surface area contributed by atoms with E-state index in [1.807, 2.05) is 0 Å². The lowest BCUT2D eigenvalue weighted by Gasteiger charge is -2.20. The van der Waals surface area contributed by atoms with Gasteiger partial charge < -0.3 is 19.8 Å². The van der Waals surface area contributed by atoms with Gasteiger partial charge in [-0.15, -0.1) is 0 Å². The minimum atomic E-state index is -0.893. The molecule has 8 nitrogen and oxygen atoms in total. The van der Waals surface area contributed by atoms with Crippen molar-refractivity contribution in [1.29, 1.82) is 0 Å². The maximum atomic E-state index is 14.2. The SMILES string of the molecule is CC(C)(C)OC(=O)n1c(Cn2cccc(N)c2=O)nc2c(Oc3ccc(F)cc3F)cccc21. The fourth-order valence-corrected chi connectivity index (χ4v) is 3.33. The smallest absolute Gasteiger partial charge is 0.420 e. The summed E-state index contributed by atoms with van der Waals surface area (Å²) in [7, 11) is 0. The van der Waals surface area contributed by atoms with E-state index in [4.69, 9.17) is 15.2 Å². The Morgan fingerprint density at radius 1 is 1.09 bits per heavy atom. The van der Waals surface area contributed by atoms with Gasteiger partial charge in [-0.1, -0.05) is 6.07 Å². The van der Waals surface area contributed by atoms with Gasteiger partial charge in [0.25, 0.3) is 5.56 Å². The van der Waals surface area contributed by atoms with Gasteiger partial charge in [-0.05, 0) is 57.2 Å². The molecule has 0 saturated carbocycles. The van der Waals surface area contributed by atoms with Crippen LogP contribution in [0.1, 0.15) is 26.6 Å². The summed E-state index contributed by atoms with van der Waals surface area (Å²) in [5, 5.41) is 0. The molecule has 10 heteroatoms. The van der Waals surface area contributed by atoms with Crippen LogP contribution in [0.2, 0.25) is 0 Å². The van der Waals surface area contributed by atoms with E-state index in [9.17, 15) is 18.4 Å². The quantitative estimate of drug-likeness (QED) is 0.467. The number of nitrogens with zero attached hydrogens (tertiary/aromatic N) is 3. The van der Waals surface area contributed by atoms with Crippen LogP contribution in [0.15, 0.2) is 59.5 Å². The Hall–Kier alpha value is -4.21. The summed E-state index contributed by atoms with van der Waals surface area (Å²) in [4.78, 5) is 30.1. The zero-order valence-corrected chi connectivity index (χ0v) is 18.7. The van der Waals surface area contributed by atoms with Gasteiger partial charge in [-0.2, -0.15) is 0 Å². The lowest BCUT2D eigenvalue weighted by Crippen LogP contribution is -2.29. The normalized spacial score (nSPS) is 11.6. The lowest BCUT2D eigenvalue weighted by molar-refractivity contribution is 0.0538. The third-order valence-electron chi connectivity index (χ3n) is 4.77. The molecule has 2 N–H and O–H groups in total. The first-order chi connectivity index (χ1) is 16.0. The van der Waals surface area contributed by atoms with Gasteiger partial charge in [0, 0.05) is 12.3 Å². The van der Waals surface area contributed by atoms with E-state index in [0.29, 0.717) is 11.6 Å². The number of nitrogen functional groups attached to an aromatic ring is 1. The monoisotopic (exact) mass is 468 g/mol. The Kier molecular flexibility index (Phi) is 5.82. The standard InChI is InChI=1S/C24H22F2N4O4/c1-24(2,3)34-23(32)30-17-7-4-8-19(33-18-10-9-14(25)12-15(18)26)21(17)28-20(30)13-29-11-5-6-16(27)22(29)31/h4-12H,13,27H2,1-3H3. The number of carbonyl (C=O) groups is 1. The van der Waals surface area contributed by atoms with Crippen LogP contribution in [-0.4, -0.2) is 25.8 Å². The van der Waals surface area contributed by atoms with Gasteiger partial charge in [-0.25, -0.2) is 23.1 Å². The molecule has 0 aliphatic rings. The summed E-state index contributed by atoms with van der Waals surface area (Å²) in [6.45, 7) is 5.07. The number of halogens is 2. The summed E-state index contributed by atoms with van der Waals surface area (Å²) in [5.74, 6) is -1.55. The van der Waals surface area contributed by atoms with Crippen LogP contribution in [-0.2, 0) is 11.3 Å². The van der Waals surface area contributed by atoms with Gasteiger partial charge in [0.05, 0.1) is 17.7 Å². The van der Waals surface area contributed by atoms with Crippen LogP contribution >= 0.6 is 0 Å². The van der Waals surface area contributed by atoms with Crippen molar-refractivity contribution in [1.82, 2.24) is 14.1 Å². The molecular weight excluding hydrogens is 446 g/mol. The Bertz CT molecular complexity index is 1450. The molecule has 2 aromatic carbocycles. The molecular formula is C24H22F2N4O4. The third kappa shape index (κ3) is 4.61. The van der Waals surface area contributed by atoms with Crippen LogP contribution in [0.25, 0.3) is 11.0 Å². The summed E-state index contributed by atoms with van der Waals surface area (Å²) in [6.07, 6.45) is 0.801. The molecule has 0 aliphatic heterocycles. The lowest BCUT2D eigenvalue weighted by atomic mass is 10.2. The van der Waals surface area contributed by atoms with Crippen LogP contribution in [0.3, 0.4) is 0 Å². The van der Waals surface area contributed by atoms with E-state index < -0.39 is 28.9 Å². The Morgan fingerprint density at radius 3 is 2.56 bits per heavy atom. The zero-order chi connectivity index (χ0) is 24.6. The second-order valence-corrected chi connectivity index (χ2v) is 8.54. The average molecular weight is 468 g/mol. The number of rotatable bonds is 4. The summed E-state index contributed by atoms with van der Waals surface area (Å²) in [5.41, 5.74) is 5.07. The number of imidazole rings is 1. The molecule has 0 aliphatic carbocycles. The predicted octanol–water partition coefficient (Wildman–Crippen LogP) is 4.68. The number of aromatic nitrogens is 3. The highest BCUT2D eigenvalue weighted by Gasteiger charge is 2.25. The number of benzene rings is 2. The van der Waals surface area contributed by atoms with Gasteiger partial charge in [0.1, 0.15) is 22.8 Å². The molecule has 0 bridgehead atoms. The number of fused-ring (bicyclic) bond motifs is 1. The average Bonchev–Trinajstić information content (AvgIpc) is 3.11. The number of para-hydroxylation sites is 1. The van der Waals surface area contributed by atoms with E-state index in [0.717, 1.165) is 12.1 Å². The minimum absolute atomic E-state index is 0.0400. The van der Waals surface area contributed by atoms with Crippen molar-refractivity contribution in [3.8, 4) is 11.5 Å². The van der Waals surface area contributed by atoms with Crippen molar-refractivity contribution in [3.05, 3.63) is 82.5 Å². The Balaban J connectivity index is 1.86. The first-order valence-corrected chi connectivity index (χ1v) is 10.3. The summed E-state index contributed by atoms with van der Waals surface area (Å²) >= 11 is 0. The van der Waals surface area contributed by atoms with Crippen LogP contribution in [0, 0.1) is 11.6 Å². The van der Waals surface area contributed by atoms with Crippen molar-refractivity contribution >= 4 is 22.8 Å². The number of hydrogen-bond donors (Lipinski definition) is 1. The maximum absolute atomic E-state index is 14.2. The maximum Gasteiger partial charge on any atom is 0.420 e. The van der Waals surface area contributed by atoms with E-state index in [1.165, 1.54) is 27.5 Å². The second-order valence-electron chi connectivity index (χ2n) is 8.54. The zero-order valence-electron chi connectivity index (χ0n) is 18.7. The number of ether oxygens (including phenoxy) is 2. The number of anilines is 1. The molecule has 0 fully saturated rings. The molecule has 34 heavy (non-hydrogen) atoms. The highest BCUT2D eigenvalue weighted by atomic mass is 19.1. The highest BCUT2D eigenvalue weighted by molar-refractivity contribution is 5.91. The second kappa shape index (κ2) is 8.62. The van der Waals surface area contributed by atoms with E-state index >= 15 is 0 Å². The van der Waals surface area contributed by atoms with Gasteiger partial charge in [0.2, 0.25) is 0 Å². The number of hydrogen-bond acceptors (Lipinski definition) is 6.